The number of nitrogen functional groups attached to an aromatic ring is 1. The largest absolute Gasteiger partial charge is 0.379 e. The summed E-state index contributed by atoms with van der Waals surface area (Å²) in [6, 6.07) is 6.34. The fourth-order valence-electron chi connectivity index (χ4n) is 3.61. The maximum atomic E-state index is 5.93. The number of anilines is 3. The average molecular weight is 340 g/mol. The molecule has 0 bridgehead atoms. The van der Waals surface area contributed by atoms with Crippen LogP contribution < -0.4 is 16.0 Å². The van der Waals surface area contributed by atoms with Crippen molar-refractivity contribution in [3.63, 3.8) is 0 Å². The Morgan fingerprint density at radius 3 is 2.76 bits per heavy atom. The van der Waals surface area contributed by atoms with Gasteiger partial charge in [-0.25, -0.2) is 0 Å². The monoisotopic (exact) mass is 340 g/mol. The van der Waals surface area contributed by atoms with Gasteiger partial charge in [0.2, 0.25) is 5.95 Å². The van der Waals surface area contributed by atoms with E-state index < -0.39 is 0 Å². The molecule has 2 aliphatic heterocycles. The second-order valence-corrected chi connectivity index (χ2v) is 6.77. The first-order valence-corrected chi connectivity index (χ1v) is 8.90. The van der Waals surface area contributed by atoms with Crippen LogP contribution in [-0.2, 0) is 11.2 Å². The van der Waals surface area contributed by atoms with Crippen molar-refractivity contribution >= 4 is 17.6 Å². The maximum absolute atomic E-state index is 5.93. The lowest BCUT2D eigenvalue weighted by molar-refractivity contribution is 0.185. The summed E-state index contributed by atoms with van der Waals surface area (Å²) in [4.78, 5) is 15.1. The van der Waals surface area contributed by atoms with E-state index in [1.54, 1.807) is 0 Å². The number of aromatic nitrogens is 3. The number of hydrogen-bond donors (Lipinski definition) is 2. The fraction of sp³-hybridized carbons (Fsp3) is 0.500. The Labute approximate surface area is 147 Å². The molecule has 0 aliphatic carbocycles. The molecule has 4 heterocycles. The summed E-state index contributed by atoms with van der Waals surface area (Å²) in [6.45, 7) is 3.50. The van der Waals surface area contributed by atoms with Crippen LogP contribution in [0.1, 0.15) is 18.4 Å². The van der Waals surface area contributed by atoms with E-state index in [0.717, 1.165) is 37.8 Å². The molecule has 2 aromatic rings. The van der Waals surface area contributed by atoms with Crippen LogP contribution in [0.2, 0.25) is 0 Å². The highest BCUT2D eigenvalue weighted by Gasteiger charge is 2.29. The predicted molar refractivity (Wildman–Crippen MR) is 97.6 cm³/mol. The van der Waals surface area contributed by atoms with Crippen molar-refractivity contribution in [1.29, 1.82) is 0 Å². The molecule has 0 saturated carbocycles. The molecule has 132 valence electrons. The number of nitrogens with one attached hydrogen (secondary N) is 1. The Bertz CT molecular complexity index is 704. The van der Waals surface area contributed by atoms with Gasteiger partial charge in [-0.3, -0.25) is 4.98 Å². The van der Waals surface area contributed by atoms with Crippen LogP contribution >= 0.6 is 0 Å². The van der Waals surface area contributed by atoms with Gasteiger partial charge in [-0.05, 0) is 37.0 Å². The van der Waals surface area contributed by atoms with Crippen molar-refractivity contribution in [1.82, 2.24) is 15.0 Å². The molecule has 0 aromatic carbocycles. The molecule has 2 atom stereocenters. The molecule has 0 unspecified atom stereocenters. The lowest BCUT2D eigenvalue weighted by Gasteiger charge is -2.22. The van der Waals surface area contributed by atoms with E-state index in [1.165, 1.54) is 18.4 Å². The first-order valence-electron chi connectivity index (χ1n) is 8.90. The highest BCUT2D eigenvalue weighted by molar-refractivity contribution is 5.53. The van der Waals surface area contributed by atoms with E-state index in [9.17, 15) is 0 Å². The lowest BCUT2D eigenvalue weighted by atomic mass is 9.95. The van der Waals surface area contributed by atoms with Gasteiger partial charge in [0.05, 0.1) is 19.3 Å². The van der Waals surface area contributed by atoms with Crippen molar-refractivity contribution < 1.29 is 4.74 Å². The summed E-state index contributed by atoms with van der Waals surface area (Å²) in [5.41, 5.74) is 7.21. The van der Waals surface area contributed by atoms with Crippen LogP contribution in [0.5, 0.6) is 0 Å². The first kappa shape index (κ1) is 16.1. The Morgan fingerprint density at radius 1 is 1.16 bits per heavy atom. The number of rotatable bonds is 5. The van der Waals surface area contributed by atoms with Crippen LogP contribution in [-0.4, -0.2) is 47.3 Å². The van der Waals surface area contributed by atoms with Gasteiger partial charge in [-0.15, -0.1) is 0 Å². The van der Waals surface area contributed by atoms with E-state index in [2.05, 4.69) is 37.3 Å². The first-order chi connectivity index (χ1) is 12.3. The van der Waals surface area contributed by atoms with Gasteiger partial charge in [0, 0.05) is 37.5 Å². The standard InChI is InChI=1S/C18H24N6O/c19-18-22-16(10-17(23-18)24-7-1-2-8-24)21-15-12-25-11-14(15)9-13-3-5-20-6-4-13/h3-6,10,14-15H,1-2,7-9,11-12H2,(H3,19,21,22,23)/t14-,15-/m1/s1. The Kier molecular flexibility index (Phi) is 4.65. The number of hydrogen-bond acceptors (Lipinski definition) is 7. The van der Waals surface area contributed by atoms with Gasteiger partial charge in [0.15, 0.2) is 0 Å². The van der Waals surface area contributed by atoms with E-state index >= 15 is 0 Å². The minimum absolute atomic E-state index is 0.217. The highest BCUT2D eigenvalue weighted by Crippen LogP contribution is 2.25. The summed E-state index contributed by atoms with van der Waals surface area (Å²) in [6.07, 6.45) is 7.04. The van der Waals surface area contributed by atoms with Crippen molar-refractivity contribution in [3.8, 4) is 0 Å². The minimum atomic E-state index is 0.217. The summed E-state index contributed by atoms with van der Waals surface area (Å²) in [5.74, 6) is 2.41. The zero-order chi connectivity index (χ0) is 17.1. The van der Waals surface area contributed by atoms with Crippen molar-refractivity contribution in [2.45, 2.75) is 25.3 Å². The molecule has 2 aliphatic rings. The van der Waals surface area contributed by atoms with Gasteiger partial charge in [-0.1, -0.05) is 0 Å². The van der Waals surface area contributed by atoms with E-state index in [4.69, 9.17) is 10.5 Å². The summed E-state index contributed by atoms with van der Waals surface area (Å²) < 4.78 is 5.71. The molecule has 2 saturated heterocycles. The SMILES string of the molecule is Nc1nc(N[C@@H]2COC[C@H]2Cc2ccncc2)cc(N2CCCC2)n1. The van der Waals surface area contributed by atoms with E-state index in [1.807, 2.05) is 18.5 Å². The van der Waals surface area contributed by atoms with E-state index in [-0.39, 0.29) is 6.04 Å². The quantitative estimate of drug-likeness (QED) is 0.856. The van der Waals surface area contributed by atoms with Gasteiger partial charge < -0.3 is 20.7 Å². The number of nitrogens with two attached hydrogens (primary N) is 1. The van der Waals surface area contributed by atoms with Crippen LogP contribution in [0.4, 0.5) is 17.6 Å². The lowest BCUT2D eigenvalue weighted by Crippen LogP contribution is -2.30. The fourth-order valence-corrected chi connectivity index (χ4v) is 3.61. The third-order valence-electron chi connectivity index (χ3n) is 4.94. The molecule has 7 nitrogen and oxygen atoms in total. The molecule has 4 rings (SSSR count). The van der Waals surface area contributed by atoms with Crippen LogP contribution in [0, 0.1) is 5.92 Å². The Balaban J connectivity index is 1.47. The molecule has 0 spiro atoms. The Hall–Kier alpha value is -2.41. The molecule has 2 aromatic heterocycles. The second kappa shape index (κ2) is 7.23. The zero-order valence-electron chi connectivity index (χ0n) is 14.3. The second-order valence-electron chi connectivity index (χ2n) is 6.77. The van der Waals surface area contributed by atoms with Gasteiger partial charge >= 0.3 is 0 Å². The number of pyridine rings is 1. The number of ether oxygens (including phenoxy) is 1. The van der Waals surface area contributed by atoms with Crippen molar-refractivity contribution in [2.75, 3.05) is 42.3 Å². The molecule has 0 amide bonds. The molecule has 7 heteroatoms. The van der Waals surface area contributed by atoms with Crippen molar-refractivity contribution in [2.24, 2.45) is 5.92 Å². The summed E-state index contributed by atoms with van der Waals surface area (Å²) >= 11 is 0. The van der Waals surface area contributed by atoms with Crippen LogP contribution in [0.3, 0.4) is 0 Å². The van der Waals surface area contributed by atoms with Gasteiger partial charge in [-0.2, -0.15) is 9.97 Å². The van der Waals surface area contributed by atoms with Gasteiger partial charge in [0.25, 0.3) is 0 Å². The third-order valence-corrected chi connectivity index (χ3v) is 4.94. The zero-order valence-corrected chi connectivity index (χ0v) is 14.3. The highest BCUT2D eigenvalue weighted by atomic mass is 16.5. The van der Waals surface area contributed by atoms with Crippen LogP contribution in [0.15, 0.2) is 30.6 Å². The van der Waals surface area contributed by atoms with E-state index in [0.29, 0.717) is 18.5 Å². The summed E-state index contributed by atoms with van der Waals surface area (Å²) in [7, 11) is 0. The number of nitrogens with zero attached hydrogens (tertiary/aromatic N) is 4. The molecular weight excluding hydrogens is 316 g/mol. The normalized spacial score (nSPS) is 23.1. The average Bonchev–Trinajstić information content (AvgIpc) is 3.28. The maximum Gasteiger partial charge on any atom is 0.223 e. The topological polar surface area (TPSA) is 89.2 Å². The predicted octanol–water partition coefficient (Wildman–Crippen LogP) is 1.72. The van der Waals surface area contributed by atoms with Crippen LogP contribution in [0.25, 0.3) is 0 Å². The molecule has 3 N–H and O–H groups in total. The summed E-state index contributed by atoms with van der Waals surface area (Å²) in [5, 5.41) is 3.52. The molecule has 2 fully saturated rings. The molecule has 25 heavy (non-hydrogen) atoms. The third kappa shape index (κ3) is 3.82. The smallest absolute Gasteiger partial charge is 0.223 e. The molecule has 0 radical (unpaired) electrons. The molecular formula is C18H24N6O. The minimum Gasteiger partial charge on any atom is -0.379 e. The van der Waals surface area contributed by atoms with Crippen molar-refractivity contribution in [3.05, 3.63) is 36.2 Å². The Morgan fingerprint density at radius 2 is 1.96 bits per heavy atom. The van der Waals surface area contributed by atoms with Gasteiger partial charge in [0.1, 0.15) is 11.6 Å².